The number of likely N-dealkylation sites (tertiary alicyclic amines) is 1. The Hall–Kier alpha value is -0.570. The molecule has 1 heterocycles. The Balaban J connectivity index is 1.85. The van der Waals surface area contributed by atoms with Gasteiger partial charge in [-0.1, -0.05) is 26.2 Å². The molecule has 3 nitrogen and oxygen atoms in total. The lowest BCUT2D eigenvalue weighted by atomic mass is 9.85. The van der Waals surface area contributed by atoms with Crippen molar-refractivity contribution in [3.8, 4) is 0 Å². The predicted octanol–water partition coefficient (Wildman–Crippen LogP) is 2.93. The molecular weight excluding hydrogens is 236 g/mol. The van der Waals surface area contributed by atoms with Crippen LogP contribution in [0.5, 0.6) is 0 Å². The van der Waals surface area contributed by atoms with Gasteiger partial charge >= 0.3 is 0 Å². The highest BCUT2D eigenvalue weighted by Gasteiger charge is 2.30. The van der Waals surface area contributed by atoms with Crippen molar-refractivity contribution in [3.05, 3.63) is 0 Å². The topological polar surface area (TPSA) is 46.3 Å². The van der Waals surface area contributed by atoms with E-state index in [4.69, 9.17) is 5.73 Å². The zero-order valence-corrected chi connectivity index (χ0v) is 12.4. The van der Waals surface area contributed by atoms with Gasteiger partial charge in [-0.2, -0.15) is 0 Å². The first-order chi connectivity index (χ1) is 9.20. The van der Waals surface area contributed by atoms with Crippen molar-refractivity contribution < 1.29 is 4.79 Å². The third-order valence-electron chi connectivity index (χ3n) is 4.92. The van der Waals surface area contributed by atoms with E-state index in [9.17, 15) is 4.79 Å². The number of hydrogen-bond acceptors (Lipinski definition) is 2. The van der Waals surface area contributed by atoms with Crippen molar-refractivity contribution in [2.45, 2.75) is 70.8 Å². The maximum atomic E-state index is 12.6. The largest absolute Gasteiger partial charge is 0.342 e. The first-order valence-corrected chi connectivity index (χ1v) is 8.25. The van der Waals surface area contributed by atoms with Crippen LogP contribution in [0, 0.1) is 11.8 Å². The molecule has 0 radical (unpaired) electrons. The molecule has 1 saturated carbocycles. The van der Waals surface area contributed by atoms with Crippen LogP contribution < -0.4 is 5.73 Å². The van der Waals surface area contributed by atoms with E-state index in [0.717, 1.165) is 44.7 Å². The highest BCUT2D eigenvalue weighted by molar-refractivity contribution is 5.79. The first-order valence-electron chi connectivity index (χ1n) is 8.25. The SMILES string of the molecule is CCCC1CCCN(C(=O)C2CCCC(N)C2)CC1. The molecule has 110 valence electrons. The van der Waals surface area contributed by atoms with Gasteiger partial charge in [-0.3, -0.25) is 4.79 Å². The molecule has 19 heavy (non-hydrogen) atoms. The van der Waals surface area contributed by atoms with Crippen molar-refractivity contribution in [2.24, 2.45) is 17.6 Å². The fourth-order valence-electron chi connectivity index (χ4n) is 3.79. The lowest BCUT2D eigenvalue weighted by Crippen LogP contribution is -2.41. The van der Waals surface area contributed by atoms with E-state index in [1.165, 1.54) is 32.1 Å². The number of amides is 1. The van der Waals surface area contributed by atoms with Crippen LogP contribution >= 0.6 is 0 Å². The fourth-order valence-corrected chi connectivity index (χ4v) is 3.79. The summed E-state index contributed by atoms with van der Waals surface area (Å²) in [6, 6.07) is 0.252. The summed E-state index contributed by atoms with van der Waals surface area (Å²) in [6.07, 6.45) is 10.5. The highest BCUT2D eigenvalue weighted by Crippen LogP contribution is 2.27. The van der Waals surface area contributed by atoms with Gasteiger partial charge in [-0.25, -0.2) is 0 Å². The number of nitrogens with zero attached hydrogens (tertiary/aromatic N) is 1. The van der Waals surface area contributed by atoms with E-state index >= 15 is 0 Å². The number of carbonyl (C=O) groups is 1. The lowest BCUT2D eigenvalue weighted by molar-refractivity contribution is -0.136. The summed E-state index contributed by atoms with van der Waals surface area (Å²) in [4.78, 5) is 14.7. The molecule has 0 spiro atoms. The zero-order valence-electron chi connectivity index (χ0n) is 12.4. The van der Waals surface area contributed by atoms with Gasteiger partial charge in [0.1, 0.15) is 0 Å². The molecule has 2 fully saturated rings. The van der Waals surface area contributed by atoms with E-state index in [1.54, 1.807) is 0 Å². The monoisotopic (exact) mass is 266 g/mol. The van der Waals surface area contributed by atoms with Crippen molar-refractivity contribution in [1.29, 1.82) is 0 Å². The molecule has 2 rings (SSSR count). The van der Waals surface area contributed by atoms with Crippen molar-refractivity contribution >= 4 is 5.91 Å². The standard InChI is InChI=1S/C16H30N2O/c1-2-5-13-6-4-10-18(11-9-13)16(19)14-7-3-8-15(17)12-14/h13-15H,2-12,17H2,1H3. The van der Waals surface area contributed by atoms with E-state index in [-0.39, 0.29) is 12.0 Å². The van der Waals surface area contributed by atoms with Gasteiger partial charge in [0.25, 0.3) is 0 Å². The quantitative estimate of drug-likeness (QED) is 0.853. The lowest BCUT2D eigenvalue weighted by Gasteiger charge is -2.31. The average molecular weight is 266 g/mol. The minimum atomic E-state index is 0.214. The van der Waals surface area contributed by atoms with Gasteiger partial charge in [0, 0.05) is 25.0 Å². The molecule has 1 saturated heterocycles. The first kappa shape index (κ1) is 14.8. The Morgan fingerprint density at radius 1 is 1.16 bits per heavy atom. The second kappa shape index (κ2) is 7.28. The van der Waals surface area contributed by atoms with Crippen molar-refractivity contribution in [1.82, 2.24) is 4.90 Å². The van der Waals surface area contributed by atoms with Crippen LogP contribution in [0.2, 0.25) is 0 Å². The van der Waals surface area contributed by atoms with Crippen LogP contribution in [-0.4, -0.2) is 29.9 Å². The van der Waals surface area contributed by atoms with Gasteiger partial charge < -0.3 is 10.6 Å². The summed E-state index contributed by atoms with van der Waals surface area (Å²) in [6.45, 7) is 4.22. The highest BCUT2D eigenvalue weighted by atomic mass is 16.2. The third kappa shape index (κ3) is 4.20. The number of nitrogens with two attached hydrogens (primary N) is 1. The molecular formula is C16H30N2O. The van der Waals surface area contributed by atoms with Gasteiger partial charge in [0.05, 0.1) is 0 Å². The molecule has 1 aliphatic heterocycles. The maximum absolute atomic E-state index is 12.6. The molecule has 3 atom stereocenters. The summed E-state index contributed by atoms with van der Waals surface area (Å²) in [5.74, 6) is 1.45. The summed E-state index contributed by atoms with van der Waals surface area (Å²) < 4.78 is 0. The smallest absolute Gasteiger partial charge is 0.225 e. The Bertz CT molecular complexity index is 292. The summed E-state index contributed by atoms with van der Waals surface area (Å²) >= 11 is 0. The van der Waals surface area contributed by atoms with Crippen LogP contribution in [0.1, 0.15) is 64.7 Å². The van der Waals surface area contributed by atoms with E-state index in [2.05, 4.69) is 11.8 Å². The third-order valence-corrected chi connectivity index (χ3v) is 4.92. The van der Waals surface area contributed by atoms with Crippen LogP contribution in [0.15, 0.2) is 0 Å². The molecule has 0 bridgehead atoms. The number of hydrogen-bond donors (Lipinski definition) is 1. The Labute approximate surface area is 117 Å². The molecule has 1 amide bonds. The van der Waals surface area contributed by atoms with Crippen LogP contribution in [-0.2, 0) is 4.79 Å². The van der Waals surface area contributed by atoms with E-state index < -0.39 is 0 Å². The van der Waals surface area contributed by atoms with Crippen LogP contribution in [0.4, 0.5) is 0 Å². The molecule has 1 aliphatic carbocycles. The minimum absolute atomic E-state index is 0.214. The molecule has 2 aliphatic rings. The zero-order chi connectivity index (χ0) is 13.7. The summed E-state index contributed by atoms with van der Waals surface area (Å²) in [5.41, 5.74) is 6.01. The summed E-state index contributed by atoms with van der Waals surface area (Å²) in [5, 5.41) is 0. The normalized spacial score (nSPS) is 32.9. The second-order valence-electron chi connectivity index (χ2n) is 6.53. The Kier molecular flexibility index (Phi) is 5.68. The van der Waals surface area contributed by atoms with Crippen molar-refractivity contribution in [2.75, 3.05) is 13.1 Å². The van der Waals surface area contributed by atoms with Gasteiger partial charge in [0.15, 0.2) is 0 Å². The van der Waals surface area contributed by atoms with Crippen LogP contribution in [0.3, 0.4) is 0 Å². The number of carbonyl (C=O) groups excluding carboxylic acids is 1. The molecule has 3 unspecified atom stereocenters. The van der Waals surface area contributed by atoms with E-state index in [1.807, 2.05) is 0 Å². The van der Waals surface area contributed by atoms with Gasteiger partial charge in [0.2, 0.25) is 5.91 Å². The maximum Gasteiger partial charge on any atom is 0.225 e. The van der Waals surface area contributed by atoms with Gasteiger partial charge in [-0.15, -0.1) is 0 Å². The Morgan fingerprint density at radius 3 is 2.74 bits per heavy atom. The molecule has 0 aromatic rings. The molecule has 3 heteroatoms. The molecule has 0 aromatic heterocycles. The van der Waals surface area contributed by atoms with Crippen LogP contribution in [0.25, 0.3) is 0 Å². The number of rotatable bonds is 3. The molecule has 2 N–H and O–H groups in total. The average Bonchev–Trinajstić information content (AvgIpc) is 2.64. The predicted molar refractivity (Wildman–Crippen MR) is 78.8 cm³/mol. The summed E-state index contributed by atoms with van der Waals surface area (Å²) in [7, 11) is 0. The Morgan fingerprint density at radius 2 is 2.00 bits per heavy atom. The second-order valence-corrected chi connectivity index (χ2v) is 6.53. The van der Waals surface area contributed by atoms with Crippen molar-refractivity contribution in [3.63, 3.8) is 0 Å². The molecule has 0 aromatic carbocycles. The van der Waals surface area contributed by atoms with Gasteiger partial charge in [-0.05, 0) is 44.4 Å². The van der Waals surface area contributed by atoms with E-state index in [0.29, 0.717) is 5.91 Å². The fraction of sp³-hybridized carbons (Fsp3) is 0.938. The minimum Gasteiger partial charge on any atom is -0.342 e.